The third kappa shape index (κ3) is 3.51. The molecule has 0 saturated heterocycles. The van der Waals surface area contributed by atoms with Crippen LogP contribution in [0.1, 0.15) is 6.42 Å². The number of alkyl halides is 1. The van der Waals surface area contributed by atoms with Crippen LogP contribution in [-0.4, -0.2) is 10.6 Å². The average Bonchev–Trinajstić information content (AvgIpc) is 2.65. The SMILES string of the molecule is ICCC[PH](c1ccccc1)(c1ccccc1)c1ccccc1. The molecule has 0 saturated carbocycles. The standard InChI is InChI=1S/C21H22IP/c22-17-10-18-23(19-11-4-1-5-12-19,20-13-6-2-7-14-20)21-15-8-3-9-16-21/h1-9,11-16,23H,10,17-18H2. The molecule has 0 heterocycles. The van der Waals surface area contributed by atoms with Crippen LogP contribution in [0.4, 0.5) is 0 Å². The van der Waals surface area contributed by atoms with Crippen molar-refractivity contribution in [2.75, 3.05) is 10.6 Å². The molecular formula is C21H22IP. The molecule has 0 aliphatic carbocycles. The fourth-order valence-electron chi connectivity index (χ4n) is 3.43. The number of halogens is 1. The molecule has 0 amide bonds. The van der Waals surface area contributed by atoms with Gasteiger partial charge >= 0.3 is 154 Å². The summed E-state index contributed by atoms with van der Waals surface area (Å²) >= 11 is 2.51. The van der Waals surface area contributed by atoms with Gasteiger partial charge in [-0.2, -0.15) is 0 Å². The van der Waals surface area contributed by atoms with Crippen LogP contribution in [0.2, 0.25) is 0 Å². The van der Waals surface area contributed by atoms with Gasteiger partial charge in [0.05, 0.1) is 0 Å². The summed E-state index contributed by atoms with van der Waals surface area (Å²) in [7, 11) is -1.95. The summed E-state index contributed by atoms with van der Waals surface area (Å²) in [6.07, 6.45) is 2.51. The molecule has 0 bridgehead atoms. The molecule has 0 atom stereocenters. The molecule has 0 unspecified atom stereocenters. The monoisotopic (exact) mass is 432 g/mol. The Bertz CT molecular complexity index is 614. The van der Waals surface area contributed by atoms with Crippen molar-refractivity contribution in [2.24, 2.45) is 0 Å². The molecule has 0 fully saturated rings. The molecule has 0 aliphatic heterocycles. The number of hydrogen-bond donors (Lipinski definition) is 0. The van der Waals surface area contributed by atoms with Crippen LogP contribution in [0.3, 0.4) is 0 Å². The Hall–Kier alpha value is -1.18. The van der Waals surface area contributed by atoms with Crippen LogP contribution in [0.5, 0.6) is 0 Å². The summed E-state index contributed by atoms with van der Waals surface area (Å²) in [6.45, 7) is 0. The summed E-state index contributed by atoms with van der Waals surface area (Å²) in [5.41, 5.74) is 0. The van der Waals surface area contributed by atoms with Gasteiger partial charge in [-0.3, -0.25) is 0 Å². The number of benzene rings is 3. The number of hydrogen-bond acceptors (Lipinski definition) is 0. The quantitative estimate of drug-likeness (QED) is 0.305. The van der Waals surface area contributed by atoms with Crippen LogP contribution in [-0.2, 0) is 0 Å². The molecule has 3 aromatic carbocycles. The van der Waals surface area contributed by atoms with Gasteiger partial charge in [0.2, 0.25) is 0 Å². The molecule has 2 heteroatoms. The second kappa shape index (κ2) is 8.08. The molecule has 118 valence electrons. The van der Waals surface area contributed by atoms with E-state index in [4.69, 9.17) is 0 Å². The van der Waals surface area contributed by atoms with Gasteiger partial charge in [-0.05, 0) is 0 Å². The molecule has 23 heavy (non-hydrogen) atoms. The van der Waals surface area contributed by atoms with Gasteiger partial charge in [-0.15, -0.1) is 0 Å². The summed E-state index contributed by atoms with van der Waals surface area (Å²) < 4.78 is 1.21. The minimum atomic E-state index is -1.95. The van der Waals surface area contributed by atoms with E-state index in [1.54, 1.807) is 0 Å². The third-order valence-electron chi connectivity index (χ3n) is 4.49. The Labute approximate surface area is 153 Å². The van der Waals surface area contributed by atoms with Crippen molar-refractivity contribution in [3.8, 4) is 0 Å². The second-order valence-electron chi connectivity index (χ2n) is 5.80. The van der Waals surface area contributed by atoms with Crippen LogP contribution in [0.25, 0.3) is 0 Å². The maximum atomic E-state index is 2.51. The van der Waals surface area contributed by atoms with E-state index in [1.165, 1.54) is 32.9 Å². The minimum absolute atomic E-state index is 1.21. The summed E-state index contributed by atoms with van der Waals surface area (Å²) in [5, 5.41) is 4.55. The number of rotatable bonds is 6. The van der Waals surface area contributed by atoms with Gasteiger partial charge in [-0.1, -0.05) is 0 Å². The van der Waals surface area contributed by atoms with E-state index in [2.05, 4.69) is 114 Å². The van der Waals surface area contributed by atoms with Gasteiger partial charge in [0.15, 0.2) is 0 Å². The van der Waals surface area contributed by atoms with E-state index in [0.717, 1.165) is 0 Å². The molecule has 0 radical (unpaired) electrons. The Balaban J connectivity index is 2.25. The topological polar surface area (TPSA) is 0 Å². The van der Waals surface area contributed by atoms with Crippen molar-refractivity contribution in [2.45, 2.75) is 6.42 Å². The van der Waals surface area contributed by atoms with Crippen molar-refractivity contribution < 1.29 is 0 Å². The van der Waals surface area contributed by atoms with Crippen molar-refractivity contribution in [1.82, 2.24) is 0 Å². The maximum absolute atomic E-state index is 2.51. The Morgan fingerprint density at radius 1 is 0.565 bits per heavy atom. The van der Waals surface area contributed by atoms with Crippen LogP contribution in [0.15, 0.2) is 91.0 Å². The van der Waals surface area contributed by atoms with E-state index in [-0.39, 0.29) is 0 Å². The summed E-state index contributed by atoms with van der Waals surface area (Å²) in [5.74, 6) is 0. The predicted molar refractivity (Wildman–Crippen MR) is 115 cm³/mol. The first-order chi connectivity index (χ1) is 11.4. The molecule has 0 nitrogen and oxygen atoms in total. The molecular weight excluding hydrogens is 410 g/mol. The van der Waals surface area contributed by atoms with Crippen molar-refractivity contribution in [1.29, 1.82) is 0 Å². The van der Waals surface area contributed by atoms with Crippen molar-refractivity contribution >= 4 is 45.8 Å². The van der Waals surface area contributed by atoms with Crippen molar-refractivity contribution in [3.63, 3.8) is 0 Å². The zero-order valence-corrected chi connectivity index (χ0v) is 16.3. The summed E-state index contributed by atoms with van der Waals surface area (Å²) in [6, 6.07) is 33.5. The average molecular weight is 432 g/mol. The normalized spacial score (nSPS) is 12.0. The fraction of sp³-hybridized carbons (Fsp3) is 0.143. The van der Waals surface area contributed by atoms with E-state index >= 15 is 0 Å². The predicted octanol–water partition coefficient (Wildman–Crippen LogP) is 4.54. The molecule has 0 aromatic heterocycles. The van der Waals surface area contributed by atoms with E-state index in [1.807, 2.05) is 0 Å². The van der Waals surface area contributed by atoms with Gasteiger partial charge in [0.25, 0.3) is 0 Å². The molecule has 0 spiro atoms. The van der Waals surface area contributed by atoms with Gasteiger partial charge in [0, 0.05) is 0 Å². The third-order valence-corrected chi connectivity index (χ3v) is 10.3. The van der Waals surface area contributed by atoms with Crippen LogP contribution < -0.4 is 15.9 Å². The Morgan fingerprint density at radius 3 is 1.22 bits per heavy atom. The molecule has 0 aliphatic rings. The van der Waals surface area contributed by atoms with E-state index in [9.17, 15) is 0 Å². The molecule has 3 rings (SSSR count). The second-order valence-corrected chi connectivity index (χ2v) is 10.9. The van der Waals surface area contributed by atoms with Gasteiger partial charge in [0.1, 0.15) is 0 Å². The van der Waals surface area contributed by atoms with Crippen LogP contribution >= 0.6 is 29.9 Å². The Kier molecular flexibility index (Phi) is 5.85. The fourth-order valence-corrected chi connectivity index (χ4v) is 9.39. The van der Waals surface area contributed by atoms with Gasteiger partial charge in [-0.25, -0.2) is 0 Å². The molecule has 3 aromatic rings. The molecule has 0 N–H and O–H groups in total. The van der Waals surface area contributed by atoms with Crippen LogP contribution in [0, 0.1) is 0 Å². The first-order valence-electron chi connectivity index (χ1n) is 8.10. The summed E-state index contributed by atoms with van der Waals surface area (Å²) in [4.78, 5) is 0. The zero-order chi connectivity index (χ0) is 16.0. The Morgan fingerprint density at radius 2 is 0.913 bits per heavy atom. The van der Waals surface area contributed by atoms with E-state index < -0.39 is 7.26 Å². The van der Waals surface area contributed by atoms with Gasteiger partial charge < -0.3 is 0 Å². The first-order valence-corrected chi connectivity index (χ1v) is 11.8. The first kappa shape index (κ1) is 16.7. The zero-order valence-electron chi connectivity index (χ0n) is 13.2. The van der Waals surface area contributed by atoms with E-state index in [0.29, 0.717) is 0 Å². The van der Waals surface area contributed by atoms with Crippen molar-refractivity contribution in [3.05, 3.63) is 91.0 Å².